The molecule has 0 fully saturated rings. The van der Waals surface area contributed by atoms with Crippen molar-refractivity contribution in [3.05, 3.63) is 109 Å². The number of rotatable bonds is 9. The Morgan fingerprint density at radius 3 is 1.51 bits per heavy atom. The Labute approximate surface area is 234 Å². The molecule has 4 aromatic rings. The number of carbonyl (C=O) groups excluding carboxylic acids is 2. The Morgan fingerprint density at radius 2 is 1.02 bits per heavy atom. The van der Waals surface area contributed by atoms with E-state index in [0.717, 1.165) is 17.7 Å². The van der Waals surface area contributed by atoms with Gasteiger partial charge in [-0.1, -0.05) is 54.6 Å². The molecule has 0 aliphatic rings. The van der Waals surface area contributed by atoms with Crippen molar-refractivity contribution in [3.63, 3.8) is 0 Å². The minimum atomic E-state index is -1.27. The molecule has 0 spiro atoms. The van der Waals surface area contributed by atoms with Crippen molar-refractivity contribution in [1.29, 1.82) is 0 Å². The first-order valence-corrected chi connectivity index (χ1v) is 12.3. The summed E-state index contributed by atoms with van der Waals surface area (Å²) in [4.78, 5) is 54.3. The molecule has 0 atom stereocenters. The van der Waals surface area contributed by atoms with Gasteiger partial charge in [-0.05, 0) is 57.8 Å². The van der Waals surface area contributed by atoms with Gasteiger partial charge < -0.3 is 26.0 Å². The molecule has 0 radical (unpaired) electrons. The van der Waals surface area contributed by atoms with E-state index in [1.54, 1.807) is 12.1 Å². The lowest BCUT2D eigenvalue weighted by molar-refractivity contribution is -0.137. The number of hydrogen-bond acceptors (Lipinski definition) is 5. The number of hydrogen-bond donors (Lipinski definition) is 5. The van der Waals surface area contributed by atoms with Gasteiger partial charge in [0, 0.05) is 30.7 Å². The van der Waals surface area contributed by atoms with Gasteiger partial charge in [0.25, 0.3) is 0 Å². The zero-order chi connectivity index (χ0) is 29.8. The molecule has 0 bridgehead atoms. The molecule has 10 nitrogen and oxygen atoms in total. The van der Waals surface area contributed by atoms with Crippen molar-refractivity contribution in [3.8, 4) is 0 Å². The smallest absolute Gasteiger partial charge is 0.328 e. The summed E-state index contributed by atoms with van der Waals surface area (Å²) >= 11 is 0. The van der Waals surface area contributed by atoms with Crippen LogP contribution in [-0.4, -0.2) is 45.0 Å². The highest BCUT2D eigenvalue weighted by Crippen LogP contribution is 2.24. The molecular weight excluding hydrogens is 528 g/mol. The number of carbonyl (C=O) groups is 5. The molecular formula is C31H26N2O8. The Balaban J connectivity index is 0.000000227. The Morgan fingerprint density at radius 1 is 0.561 bits per heavy atom. The molecule has 10 heteroatoms. The zero-order valence-corrected chi connectivity index (χ0v) is 21.6. The first kappa shape index (κ1) is 29.8. The van der Waals surface area contributed by atoms with Crippen LogP contribution in [0.5, 0.6) is 0 Å². The highest BCUT2D eigenvalue weighted by Gasteiger charge is 2.07. The fourth-order valence-corrected chi connectivity index (χ4v) is 3.74. The summed E-state index contributed by atoms with van der Waals surface area (Å²) in [6, 6.07) is 24.9. The number of para-hydroxylation sites is 2. The summed E-state index contributed by atoms with van der Waals surface area (Å²) in [5, 5.41) is 35.2. The number of amides is 2. The van der Waals surface area contributed by atoms with Crippen molar-refractivity contribution in [1.82, 2.24) is 0 Å². The number of carboxylic acids is 3. The highest BCUT2D eigenvalue weighted by atomic mass is 16.4. The predicted molar refractivity (Wildman–Crippen MR) is 155 cm³/mol. The Bertz CT molecular complexity index is 1620. The SMILES string of the molecule is O=C(O)/C=C\C(=O)Nc1ccccc1NC(=O)/C=C\C(=O)O.O=C(O)CCc1ccc2cc3ccccc3cc2c1. The average molecular weight is 555 g/mol. The molecule has 208 valence electrons. The van der Waals surface area contributed by atoms with E-state index in [1.165, 1.54) is 33.7 Å². The highest BCUT2D eigenvalue weighted by molar-refractivity contribution is 6.08. The van der Waals surface area contributed by atoms with E-state index < -0.39 is 29.7 Å². The van der Waals surface area contributed by atoms with Crippen molar-refractivity contribution in [2.45, 2.75) is 12.8 Å². The second kappa shape index (κ2) is 14.4. The first-order valence-electron chi connectivity index (χ1n) is 12.3. The second-order valence-corrected chi connectivity index (χ2v) is 8.64. The van der Waals surface area contributed by atoms with Crippen LogP contribution in [0, 0.1) is 0 Å². The normalized spacial score (nSPS) is 10.7. The van der Waals surface area contributed by atoms with Crippen LogP contribution in [0.15, 0.2) is 103 Å². The van der Waals surface area contributed by atoms with Crippen LogP contribution in [0.4, 0.5) is 11.4 Å². The Kier molecular flexibility index (Phi) is 10.5. The molecule has 0 aliphatic carbocycles. The average Bonchev–Trinajstić information content (AvgIpc) is 2.94. The maximum Gasteiger partial charge on any atom is 0.328 e. The predicted octanol–water partition coefficient (Wildman–Crippen LogP) is 4.86. The monoisotopic (exact) mass is 554 g/mol. The van der Waals surface area contributed by atoms with Gasteiger partial charge in [-0.25, -0.2) is 9.59 Å². The lowest BCUT2D eigenvalue weighted by Crippen LogP contribution is -2.14. The van der Waals surface area contributed by atoms with Gasteiger partial charge in [-0.3, -0.25) is 14.4 Å². The van der Waals surface area contributed by atoms with Crippen LogP contribution in [0.2, 0.25) is 0 Å². The van der Waals surface area contributed by atoms with Gasteiger partial charge in [0.05, 0.1) is 11.4 Å². The van der Waals surface area contributed by atoms with Crippen molar-refractivity contribution in [2.24, 2.45) is 0 Å². The molecule has 0 saturated carbocycles. The number of benzene rings is 4. The lowest BCUT2D eigenvalue weighted by Gasteiger charge is -2.09. The topological polar surface area (TPSA) is 170 Å². The molecule has 5 N–H and O–H groups in total. The number of nitrogens with one attached hydrogen (secondary N) is 2. The van der Waals surface area contributed by atoms with Gasteiger partial charge in [-0.15, -0.1) is 0 Å². The molecule has 4 aromatic carbocycles. The van der Waals surface area contributed by atoms with Crippen LogP contribution >= 0.6 is 0 Å². The molecule has 0 unspecified atom stereocenters. The van der Waals surface area contributed by atoms with Crippen molar-refractivity contribution >= 4 is 62.6 Å². The van der Waals surface area contributed by atoms with E-state index in [4.69, 9.17) is 15.3 Å². The molecule has 2 amide bonds. The summed E-state index contributed by atoms with van der Waals surface area (Å²) in [5.41, 5.74) is 1.55. The second-order valence-electron chi connectivity index (χ2n) is 8.64. The van der Waals surface area contributed by atoms with Crippen LogP contribution in [0.25, 0.3) is 21.5 Å². The number of fused-ring (bicyclic) bond motifs is 2. The van der Waals surface area contributed by atoms with Gasteiger partial charge in [0.2, 0.25) is 11.8 Å². The number of anilines is 2. The summed E-state index contributed by atoms with van der Waals surface area (Å²) in [7, 11) is 0. The van der Waals surface area contributed by atoms with Crippen LogP contribution in [0.3, 0.4) is 0 Å². The van der Waals surface area contributed by atoms with E-state index in [9.17, 15) is 24.0 Å². The third-order valence-electron chi connectivity index (χ3n) is 5.59. The molecule has 0 aromatic heterocycles. The molecule has 0 saturated heterocycles. The van der Waals surface area contributed by atoms with E-state index >= 15 is 0 Å². The van der Waals surface area contributed by atoms with Crippen LogP contribution < -0.4 is 10.6 Å². The van der Waals surface area contributed by atoms with E-state index in [1.807, 2.05) is 18.2 Å². The molecule has 4 rings (SSSR count). The maximum atomic E-state index is 11.5. The van der Waals surface area contributed by atoms with Crippen molar-refractivity contribution < 1.29 is 39.3 Å². The van der Waals surface area contributed by atoms with Gasteiger partial charge in [-0.2, -0.15) is 0 Å². The third-order valence-corrected chi connectivity index (χ3v) is 5.59. The van der Waals surface area contributed by atoms with Crippen molar-refractivity contribution in [2.75, 3.05) is 10.6 Å². The minimum absolute atomic E-state index is 0.180. The van der Waals surface area contributed by atoms with Gasteiger partial charge in [0.1, 0.15) is 0 Å². The van der Waals surface area contributed by atoms with E-state index in [2.05, 4.69) is 47.0 Å². The third kappa shape index (κ3) is 9.80. The van der Waals surface area contributed by atoms with Crippen LogP contribution in [-0.2, 0) is 30.4 Å². The zero-order valence-electron chi connectivity index (χ0n) is 21.6. The Hall–Kier alpha value is -5.77. The number of aliphatic carboxylic acids is 3. The maximum absolute atomic E-state index is 11.5. The molecule has 0 heterocycles. The fourth-order valence-electron chi connectivity index (χ4n) is 3.74. The van der Waals surface area contributed by atoms with Crippen LogP contribution in [0.1, 0.15) is 12.0 Å². The minimum Gasteiger partial charge on any atom is -0.481 e. The van der Waals surface area contributed by atoms with Gasteiger partial charge in [0.15, 0.2) is 0 Å². The lowest BCUT2D eigenvalue weighted by atomic mass is 10.00. The standard InChI is InChI=1S/C17H14O2.C14H12N2O6/c18-17(19)8-6-12-5-7-15-10-13-3-1-2-4-14(13)11-16(15)9-12;17-11(5-7-13(19)20)15-9-3-1-2-4-10(9)16-12(18)6-8-14(21)22/h1-5,7,9-11H,6,8H2,(H,18,19);1-8H,(H,15,17)(H,16,18)(H,19,20)(H,21,22)/b;7-5-,8-6-. The summed E-state index contributed by atoms with van der Waals surface area (Å²) in [5.74, 6) is -4.67. The number of aryl methyl sites for hydroxylation is 1. The first-order chi connectivity index (χ1) is 19.6. The molecule has 41 heavy (non-hydrogen) atoms. The quantitative estimate of drug-likeness (QED) is 0.144. The van der Waals surface area contributed by atoms with E-state index in [0.29, 0.717) is 18.6 Å². The van der Waals surface area contributed by atoms with Gasteiger partial charge >= 0.3 is 17.9 Å². The van der Waals surface area contributed by atoms with E-state index in [-0.39, 0.29) is 17.8 Å². The summed E-state index contributed by atoms with van der Waals surface area (Å²) in [6.45, 7) is 0. The summed E-state index contributed by atoms with van der Waals surface area (Å²) < 4.78 is 0. The summed E-state index contributed by atoms with van der Waals surface area (Å²) in [6.07, 6.45) is 3.76. The number of carboxylic acid groups (broad SMARTS) is 3. The molecule has 0 aliphatic heterocycles. The largest absolute Gasteiger partial charge is 0.481 e. The fraction of sp³-hybridized carbons (Fsp3) is 0.0645.